The van der Waals surface area contributed by atoms with Gasteiger partial charge in [-0.05, 0) is 65.5 Å². The van der Waals surface area contributed by atoms with Gasteiger partial charge in [0.2, 0.25) is 0 Å². The van der Waals surface area contributed by atoms with E-state index in [1.807, 2.05) is 25.7 Å². The van der Waals surface area contributed by atoms with E-state index in [9.17, 15) is 4.79 Å². The molecule has 2 heterocycles. The molecular weight excluding hydrogens is 228 g/mol. The number of carbonyl (C=O) groups is 1. The maximum atomic E-state index is 12.3. The van der Waals surface area contributed by atoms with Gasteiger partial charge in [0.15, 0.2) is 0 Å². The Hall–Kier alpha value is -0.770. The lowest BCUT2D eigenvalue weighted by molar-refractivity contribution is -0.000432. The summed E-state index contributed by atoms with van der Waals surface area (Å²) in [5.41, 5.74) is -0.396. The molecule has 0 saturated carbocycles. The Morgan fingerprint density at radius 3 is 2.67 bits per heavy atom. The molecule has 2 fully saturated rings. The second-order valence-corrected chi connectivity index (χ2v) is 6.47. The number of amides is 1. The number of likely N-dealkylation sites (tertiary alicyclic amines) is 1. The van der Waals surface area contributed by atoms with E-state index in [1.165, 1.54) is 12.8 Å². The molecule has 18 heavy (non-hydrogen) atoms. The quantitative estimate of drug-likeness (QED) is 0.721. The van der Waals surface area contributed by atoms with Gasteiger partial charge in [-0.2, -0.15) is 0 Å². The van der Waals surface area contributed by atoms with E-state index in [4.69, 9.17) is 4.74 Å². The number of nitrogens with one attached hydrogen (secondary N) is 1. The van der Waals surface area contributed by atoms with Gasteiger partial charge in [0, 0.05) is 12.6 Å². The predicted molar refractivity (Wildman–Crippen MR) is 71.6 cm³/mol. The van der Waals surface area contributed by atoms with E-state index in [0.29, 0.717) is 12.0 Å². The minimum atomic E-state index is -0.396. The van der Waals surface area contributed by atoms with Gasteiger partial charge >= 0.3 is 6.09 Å². The molecule has 0 unspecified atom stereocenters. The summed E-state index contributed by atoms with van der Waals surface area (Å²) in [5.74, 6) is 0.654. The lowest BCUT2D eigenvalue weighted by Crippen LogP contribution is -2.50. The highest BCUT2D eigenvalue weighted by Crippen LogP contribution is 2.30. The first kappa shape index (κ1) is 13.7. The summed E-state index contributed by atoms with van der Waals surface area (Å²) >= 11 is 0. The SMILES string of the molecule is CC(C)(C)OC(=O)N1CCC[C@@H]2CCNCC[C@H]21. The molecule has 0 aromatic carbocycles. The number of piperidine rings is 1. The fourth-order valence-electron chi connectivity index (χ4n) is 3.07. The Morgan fingerprint density at radius 2 is 1.94 bits per heavy atom. The maximum absolute atomic E-state index is 12.3. The van der Waals surface area contributed by atoms with Gasteiger partial charge in [-0.25, -0.2) is 4.79 Å². The molecule has 4 heteroatoms. The van der Waals surface area contributed by atoms with Crippen molar-refractivity contribution in [2.75, 3.05) is 19.6 Å². The van der Waals surface area contributed by atoms with E-state index in [0.717, 1.165) is 32.5 Å². The Bertz CT molecular complexity index is 299. The number of carbonyl (C=O) groups excluding carboxylic acids is 1. The van der Waals surface area contributed by atoms with Crippen LogP contribution >= 0.6 is 0 Å². The van der Waals surface area contributed by atoms with Crippen molar-refractivity contribution < 1.29 is 9.53 Å². The van der Waals surface area contributed by atoms with E-state index >= 15 is 0 Å². The van der Waals surface area contributed by atoms with E-state index in [2.05, 4.69) is 5.32 Å². The summed E-state index contributed by atoms with van der Waals surface area (Å²) in [6.07, 6.45) is 4.49. The summed E-state index contributed by atoms with van der Waals surface area (Å²) in [6, 6.07) is 0.378. The van der Waals surface area contributed by atoms with Crippen LogP contribution in [-0.4, -0.2) is 42.3 Å². The fraction of sp³-hybridized carbons (Fsp3) is 0.929. The number of rotatable bonds is 0. The molecule has 0 bridgehead atoms. The third-order valence-corrected chi connectivity index (χ3v) is 3.86. The van der Waals surface area contributed by atoms with Gasteiger partial charge in [0.1, 0.15) is 5.60 Å². The maximum Gasteiger partial charge on any atom is 0.410 e. The van der Waals surface area contributed by atoms with Gasteiger partial charge in [-0.3, -0.25) is 0 Å². The van der Waals surface area contributed by atoms with Crippen molar-refractivity contribution >= 4 is 6.09 Å². The number of hydrogen-bond donors (Lipinski definition) is 1. The highest BCUT2D eigenvalue weighted by atomic mass is 16.6. The van der Waals surface area contributed by atoms with Crippen molar-refractivity contribution in [2.24, 2.45) is 5.92 Å². The third kappa shape index (κ3) is 3.37. The molecule has 2 atom stereocenters. The van der Waals surface area contributed by atoms with Crippen molar-refractivity contribution in [3.8, 4) is 0 Å². The van der Waals surface area contributed by atoms with Crippen molar-refractivity contribution in [3.63, 3.8) is 0 Å². The minimum absolute atomic E-state index is 0.126. The van der Waals surface area contributed by atoms with Crippen molar-refractivity contribution in [1.29, 1.82) is 0 Å². The van der Waals surface area contributed by atoms with Gasteiger partial charge in [-0.15, -0.1) is 0 Å². The topological polar surface area (TPSA) is 41.6 Å². The molecule has 2 saturated heterocycles. The number of nitrogens with zero attached hydrogens (tertiary/aromatic N) is 1. The summed E-state index contributed by atoms with van der Waals surface area (Å²) in [4.78, 5) is 14.2. The lowest BCUT2D eigenvalue weighted by atomic mass is 9.86. The highest BCUT2D eigenvalue weighted by molar-refractivity contribution is 5.68. The molecular formula is C14H26N2O2. The lowest BCUT2D eigenvalue weighted by Gasteiger charge is -2.40. The molecule has 0 spiro atoms. The largest absolute Gasteiger partial charge is 0.444 e. The van der Waals surface area contributed by atoms with Crippen LogP contribution in [0.3, 0.4) is 0 Å². The van der Waals surface area contributed by atoms with Crippen LogP contribution in [0.1, 0.15) is 46.5 Å². The molecule has 2 rings (SSSR count). The van der Waals surface area contributed by atoms with E-state index in [1.54, 1.807) is 0 Å². The molecule has 2 aliphatic rings. The van der Waals surface area contributed by atoms with Crippen LogP contribution < -0.4 is 5.32 Å². The summed E-state index contributed by atoms with van der Waals surface area (Å²) in [5, 5.41) is 3.43. The van der Waals surface area contributed by atoms with Crippen molar-refractivity contribution in [1.82, 2.24) is 10.2 Å². The fourth-order valence-corrected chi connectivity index (χ4v) is 3.07. The molecule has 1 amide bonds. The molecule has 0 aromatic rings. The van der Waals surface area contributed by atoms with Crippen molar-refractivity contribution in [3.05, 3.63) is 0 Å². The molecule has 0 aliphatic carbocycles. The molecule has 1 N–H and O–H groups in total. The van der Waals surface area contributed by atoms with Crippen LogP contribution in [0.4, 0.5) is 4.79 Å². The van der Waals surface area contributed by atoms with Crippen LogP contribution in [0, 0.1) is 5.92 Å². The second kappa shape index (κ2) is 5.47. The third-order valence-electron chi connectivity index (χ3n) is 3.86. The normalized spacial score (nSPS) is 29.4. The standard InChI is InChI=1S/C14H26N2O2/c1-14(2,3)18-13(17)16-10-4-5-11-6-8-15-9-7-12(11)16/h11-12,15H,4-10H2,1-3H3/t11-,12-/m1/s1. The Morgan fingerprint density at radius 1 is 1.22 bits per heavy atom. The van der Waals surface area contributed by atoms with Gasteiger partial charge < -0.3 is 15.0 Å². The molecule has 0 aromatic heterocycles. The molecule has 2 aliphatic heterocycles. The van der Waals surface area contributed by atoms with Gasteiger partial charge in [0.25, 0.3) is 0 Å². The van der Waals surface area contributed by atoms with Crippen LogP contribution in [-0.2, 0) is 4.74 Å². The van der Waals surface area contributed by atoms with E-state index in [-0.39, 0.29) is 6.09 Å². The van der Waals surface area contributed by atoms with E-state index < -0.39 is 5.60 Å². The van der Waals surface area contributed by atoms with Gasteiger partial charge in [0.05, 0.1) is 0 Å². The minimum Gasteiger partial charge on any atom is -0.444 e. The second-order valence-electron chi connectivity index (χ2n) is 6.47. The average Bonchev–Trinajstić information content (AvgIpc) is 2.50. The first-order chi connectivity index (χ1) is 8.47. The smallest absolute Gasteiger partial charge is 0.410 e. The number of ether oxygens (including phenoxy) is 1. The van der Waals surface area contributed by atoms with Crippen LogP contribution in [0.5, 0.6) is 0 Å². The Kier molecular flexibility index (Phi) is 4.15. The first-order valence-electron chi connectivity index (χ1n) is 7.18. The van der Waals surface area contributed by atoms with Crippen molar-refractivity contribution in [2.45, 2.75) is 58.1 Å². The van der Waals surface area contributed by atoms with Crippen LogP contribution in [0.25, 0.3) is 0 Å². The van der Waals surface area contributed by atoms with Gasteiger partial charge in [-0.1, -0.05) is 0 Å². The van der Waals surface area contributed by atoms with Crippen LogP contribution in [0.2, 0.25) is 0 Å². The highest BCUT2D eigenvalue weighted by Gasteiger charge is 2.36. The monoisotopic (exact) mass is 254 g/mol. The zero-order valence-electron chi connectivity index (χ0n) is 11.9. The zero-order valence-corrected chi connectivity index (χ0v) is 11.9. The van der Waals surface area contributed by atoms with Crippen LogP contribution in [0.15, 0.2) is 0 Å². The average molecular weight is 254 g/mol. The first-order valence-corrected chi connectivity index (χ1v) is 7.18. The Balaban J connectivity index is 2.03. The predicted octanol–water partition coefficient (Wildman–Crippen LogP) is 2.39. The summed E-state index contributed by atoms with van der Waals surface area (Å²) in [6.45, 7) is 8.75. The summed E-state index contributed by atoms with van der Waals surface area (Å²) in [7, 11) is 0. The number of fused-ring (bicyclic) bond motifs is 1. The molecule has 4 nitrogen and oxygen atoms in total. The zero-order chi connectivity index (χ0) is 13.2. The number of hydrogen-bond acceptors (Lipinski definition) is 3. The molecule has 0 radical (unpaired) electrons. The summed E-state index contributed by atoms with van der Waals surface area (Å²) < 4.78 is 5.53. The Labute approximate surface area is 110 Å². The molecule has 104 valence electrons.